The largest absolute Gasteiger partial charge is 0.355 e. The summed E-state index contributed by atoms with van der Waals surface area (Å²) in [6, 6.07) is 8.31. The van der Waals surface area contributed by atoms with Gasteiger partial charge in [0, 0.05) is 32.7 Å². The number of carbonyl (C=O) groups is 1. The van der Waals surface area contributed by atoms with Crippen molar-refractivity contribution in [3.63, 3.8) is 0 Å². The summed E-state index contributed by atoms with van der Waals surface area (Å²) in [7, 11) is 0. The van der Waals surface area contributed by atoms with Gasteiger partial charge in [0.05, 0.1) is 6.54 Å². The molecule has 158 valence electrons. The van der Waals surface area contributed by atoms with Crippen molar-refractivity contribution in [1.29, 1.82) is 0 Å². The Morgan fingerprint density at radius 3 is 2.53 bits per heavy atom. The van der Waals surface area contributed by atoms with E-state index in [1.165, 1.54) is 22.3 Å². The molecular weight excluding hydrogens is 378 g/mol. The summed E-state index contributed by atoms with van der Waals surface area (Å²) < 4.78 is 1.69. The maximum atomic E-state index is 12.4. The van der Waals surface area contributed by atoms with E-state index in [4.69, 9.17) is 0 Å². The van der Waals surface area contributed by atoms with Crippen LogP contribution in [0.2, 0.25) is 0 Å². The number of carbonyl (C=O) groups excluding carboxylic acids is 1. The summed E-state index contributed by atoms with van der Waals surface area (Å²) in [4.78, 5) is 16.8. The highest BCUT2D eigenvalue weighted by molar-refractivity contribution is 5.78. The number of amides is 1. The predicted octanol–water partition coefficient (Wildman–Crippen LogP) is 1.53. The van der Waals surface area contributed by atoms with Gasteiger partial charge in [-0.2, -0.15) is 4.52 Å². The van der Waals surface area contributed by atoms with Crippen molar-refractivity contribution in [1.82, 2.24) is 30.0 Å². The molecule has 4 rings (SSSR count). The number of piperazine rings is 1. The smallest absolute Gasteiger partial charge is 0.234 e. The summed E-state index contributed by atoms with van der Waals surface area (Å²) in [5.41, 5.74) is 5.97. The van der Waals surface area contributed by atoms with E-state index in [1.807, 2.05) is 12.1 Å². The zero-order valence-electron chi connectivity index (χ0n) is 17.9. The molecule has 30 heavy (non-hydrogen) atoms. The monoisotopic (exact) mass is 407 g/mol. The standard InChI is InChI=1S/C22H29N7O/c1-16-12-17(2)19(18(3)13-16)6-7-23-22(30)14-27-8-10-28(11-9-27)21-5-4-20-25-24-15-29(20)26-21/h4-5,12-13,15H,6-11,14H2,1-3H3,(H,23,30). The van der Waals surface area contributed by atoms with Gasteiger partial charge in [0.25, 0.3) is 0 Å². The van der Waals surface area contributed by atoms with Gasteiger partial charge in [0.15, 0.2) is 5.65 Å². The second kappa shape index (κ2) is 8.79. The van der Waals surface area contributed by atoms with Crippen LogP contribution in [-0.2, 0) is 11.2 Å². The van der Waals surface area contributed by atoms with Crippen molar-refractivity contribution < 1.29 is 4.79 Å². The van der Waals surface area contributed by atoms with Gasteiger partial charge in [-0.25, -0.2) is 0 Å². The van der Waals surface area contributed by atoms with Crippen molar-refractivity contribution in [2.75, 3.05) is 44.2 Å². The van der Waals surface area contributed by atoms with Crippen LogP contribution < -0.4 is 10.2 Å². The summed E-state index contributed by atoms with van der Waals surface area (Å²) >= 11 is 0. The number of hydrogen-bond donors (Lipinski definition) is 1. The fourth-order valence-corrected chi connectivity index (χ4v) is 4.21. The molecule has 0 atom stereocenters. The molecule has 3 aromatic rings. The first-order chi connectivity index (χ1) is 14.5. The number of fused-ring (bicyclic) bond motifs is 1. The maximum absolute atomic E-state index is 12.4. The average Bonchev–Trinajstić information content (AvgIpc) is 3.18. The van der Waals surface area contributed by atoms with Gasteiger partial charge in [-0.15, -0.1) is 15.3 Å². The molecule has 8 heteroatoms. The minimum Gasteiger partial charge on any atom is -0.355 e. The molecule has 1 aliphatic heterocycles. The van der Waals surface area contributed by atoms with Gasteiger partial charge >= 0.3 is 0 Å². The average molecular weight is 408 g/mol. The third-order valence-electron chi connectivity index (χ3n) is 5.75. The highest BCUT2D eigenvalue weighted by atomic mass is 16.2. The predicted molar refractivity (Wildman–Crippen MR) is 117 cm³/mol. The normalized spacial score (nSPS) is 15.0. The maximum Gasteiger partial charge on any atom is 0.234 e. The van der Waals surface area contributed by atoms with E-state index in [1.54, 1.807) is 10.8 Å². The Labute approximate surface area is 176 Å². The molecular formula is C22H29N7O. The van der Waals surface area contributed by atoms with Crippen molar-refractivity contribution in [3.05, 3.63) is 52.8 Å². The lowest BCUT2D eigenvalue weighted by molar-refractivity contribution is -0.122. The fourth-order valence-electron chi connectivity index (χ4n) is 4.21. The van der Waals surface area contributed by atoms with E-state index >= 15 is 0 Å². The quantitative estimate of drug-likeness (QED) is 0.668. The molecule has 1 fully saturated rings. The van der Waals surface area contributed by atoms with Crippen molar-refractivity contribution in [3.8, 4) is 0 Å². The number of nitrogens with one attached hydrogen (secondary N) is 1. The van der Waals surface area contributed by atoms with E-state index < -0.39 is 0 Å². The number of benzene rings is 1. The van der Waals surface area contributed by atoms with E-state index in [0.29, 0.717) is 13.1 Å². The highest BCUT2D eigenvalue weighted by Crippen LogP contribution is 2.17. The Bertz CT molecular complexity index is 1010. The molecule has 1 aromatic carbocycles. The Morgan fingerprint density at radius 2 is 1.80 bits per heavy atom. The summed E-state index contributed by atoms with van der Waals surface area (Å²) in [6.07, 6.45) is 2.48. The Kier molecular flexibility index (Phi) is 5.94. The molecule has 1 aliphatic rings. The molecule has 1 saturated heterocycles. The molecule has 0 unspecified atom stereocenters. The zero-order chi connectivity index (χ0) is 21.1. The topological polar surface area (TPSA) is 78.7 Å². The molecule has 8 nitrogen and oxygen atoms in total. The van der Waals surface area contributed by atoms with Crippen molar-refractivity contribution in [2.24, 2.45) is 0 Å². The van der Waals surface area contributed by atoms with E-state index in [-0.39, 0.29) is 5.91 Å². The fraction of sp³-hybridized carbons (Fsp3) is 0.455. The lowest BCUT2D eigenvalue weighted by atomic mass is 9.97. The van der Waals surface area contributed by atoms with Crippen LogP contribution in [0.3, 0.4) is 0 Å². The molecule has 0 saturated carbocycles. The second-order valence-electron chi connectivity index (χ2n) is 8.07. The van der Waals surface area contributed by atoms with Crippen LogP contribution in [0, 0.1) is 20.8 Å². The van der Waals surface area contributed by atoms with Gasteiger partial charge in [-0.3, -0.25) is 9.69 Å². The molecule has 3 heterocycles. The first-order valence-electron chi connectivity index (χ1n) is 10.5. The molecule has 1 N–H and O–H groups in total. The van der Waals surface area contributed by atoms with E-state index in [2.05, 4.69) is 63.3 Å². The Morgan fingerprint density at radius 1 is 1.07 bits per heavy atom. The minimum absolute atomic E-state index is 0.0925. The summed E-state index contributed by atoms with van der Waals surface area (Å²) in [6.45, 7) is 10.9. The van der Waals surface area contributed by atoms with Gasteiger partial charge < -0.3 is 10.2 Å². The third kappa shape index (κ3) is 4.59. The molecule has 0 spiro atoms. The molecule has 0 aliphatic carbocycles. The van der Waals surface area contributed by atoms with Crippen LogP contribution in [-0.4, -0.2) is 69.9 Å². The lowest BCUT2D eigenvalue weighted by Crippen LogP contribution is -2.50. The Hall–Kier alpha value is -3.00. The van der Waals surface area contributed by atoms with Gasteiger partial charge in [0.1, 0.15) is 12.1 Å². The first-order valence-corrected chi connectivity index (χ1v) is 10.5. The van der Waals surface area contributed by atoms with Gasteiger partial charge in [0.2, 0.25) is 5.91 Å². The van der Waals surface area contributed by atoms with E-state index in [0.717, 1.165) is 44.1 Å². The molecule has 0 bridgehead atoms. The number of anilines is 1. The van der Waals surface area contributed by atoms with E-state index in [9.17, 15) is 4.79 Å². The van der Waals surface area contributed by atoms with Crippen LogP contribution in [0.4, 0.5) is 5.82 Å². The SMILES string of the molecule is Cc1cc(C)c(CCNC(=O)CN2CCN(c3ccc4nncn4n3)CC2)c(C)c1. The number of aromatic nitrogens is 4. The third-order valence-corrected chi connectivity index (χ3v) is 5.75. The van der Waals surface area contributed by atoms with Gasteiger partial charge in [-0.1, -0.05) is 17.7 Å². The van der Waals surface area contributed by atoms with Crippen LogP contribution in [0.15, 0.2) is 30.6 Å². The zero-order valence-corrected chi connectivity index (χ0v) is 17.9. The van der Waals surface area contributed by atoms with Crippen LogP contribution >= 0.6 is 0 Å². The first kappa shape index (κ1) is 20.3. The number of hydrogen-bond acceptors (Lipinski definition) is 6. The van der Waals surface area contributed by atoms with Crippen molar-refractivity contribution in [2.45, 2.75) is 27.2 Å². The minimum atomic E-state index is 0.0925. The molecule has 1 amide bonds. The number of aryl methyl sites for hydroxylation is 3. The Balaban J connectivity index is 1.22. The summed E-state index contributed by atoms with van der Waals surface area (Å²) in [5, 5.41) is 15.5. The van der Waals surface area contributed by atoms with Crippen LogP contribution in [0.25, 0.3) is 5.65 Å². The van der Waals surface area contributed by atoms with Crippen molar-refractivity contribution >= 4 is 17.4 Å². The second-order valence-corrected chi connectivity index (χ2v) is 8.07. The molecule has 0 radical (unpaired) electrons. The lowest BCUT2D eigenvalue weighted by Gasteiger charge is -2.34. The number of nitrogens with zero attached hydrogens (tertiary/aromatic N) is 6. The van der Waals surface area contributed by atoms with Crippen LogP contribution in [0.5, 0.6) is 0 Å². The van der Waals surface area contributed by atoms with Crippen LogP contribution in [0.1, 0.15) is 22.3 Å². The number of rotatable bonds is 6. The summed E-state index contributed by atoms with van der Waals surface area (Å²) in [5.74, 6) is 1.00. The van der Waals surface area contributed by atoms with Gasteiger partial charge in [-0.05, 0) is 56.0 Å². The molecule has 2 aromatic heterocycles. The highest BCUT2D eigenvalue weighted by Gasteiger charge is 2.20.